The third-order valence-electron chi connectivity index (χ3n) is 3.28. The number of nitrogens with one attached hydrogen (secondary N) is 1. The predicted molar refractivity (Wildman–Crippen MR) is 79.7 cm³/mol. The highest BCUT2D eigenvalue weighted by Crippen LogP contribution is 2.13. The van der Waals surface area contributed by atoms with Crippen LogP contribution in [0.2, 0.25) is 0 Å². The zero-order chi connectivity index (χ0) is 15.5. The first-order valence-corrected chi connectivity index (χ1v) is 6.79. The normalized spacial score (nSPS) is 12.1. The van der Waals surface area contributed by atoms with Crippen LogP contribution in [0.4, 0.5) is 0 Å². The van der Waals surface area contributed by atoms with Gasteiger partial charge in [0, 0.05) is 18.5 Å². The predicted octanol–water partition coefficient (Wildman–Crippen LogP) is 1.62. The Labute approximate surface area is 127 Å². The molecule has 3 rings (SSSR count). The van der Waals surface area contributed by atoms with Gasteiger partial charge < -0.3 is 10.1 Å². The molecule has 1 atom stereocenters. The van der Waals surface area contributed by atoms with Gasteiger partial charge in [0.05, 0.1) is 18.7 Å². The number of pyridine rings is 2. The lowest BCUT2D eigenvalue weighted by molar-refractivity contribution is 0.0937. The van der Waals surface area contributed by atoms with Crippen LogP contribution >= 0.6 is 0 Å². The molecule has 0 aliphatic rings. The van der Waals surface area contributed by atoms with E-state index in [1.54, 1.807) is 12.1 Å². The van der Waals surface area contributed by atoms with E-state index in [1.165, 1.54) is 13.3 Å². The highest BCUT2D eigenvalue weighted by atomic mass is 16.5. The molecule has 0 saturated heterocycles. The second kappa shape index (κ2) is 5.80. The molecule has 3 heterocycles. The summed E-state index contributed by atoms with van der Waals surface area (Å²) >= 11 is 0. The van der Waals surface area contributed by atoms with Crippen molar-refractivity contribution in [2.45, 2.75) is 13.0 Å². The second-order valence-electron chi connectivity index (χ2n) is 4.77. The first kappa shape index (κ1) is 14.0. The van der Waals surface area contributed by atoms with Gasteiger partial charge in [0.15, 0.2) is 11.5 Å². The first-order chi connectivity index (χ1) is 10.7. The van der Waals surface area contributed by atoms with Crippen LogP contribution in [-0.4, -0.2) is 32.6 Å². The van der Waals surface area contributed by atoms with Crippen LogP contribution < -0.4 is 10.1 Å². The van der Waals surface area contributed by atoms with Crippen molar-refractivity contribution < 1.29 is 9.53 Å². The highest BCUT2D eigenvalue weighted by Gasteiger charge is 2.16. The number of methoxy groups -OCH3 is 1. The van der Waals surface area contributed by atoms with Crippen LogP contribution in [-0.2, 0) is 0 Å². The number of ether oxygens (including phenoxy) is 1. The fourth-order valence-corrected chi connectivity index (χ4v) is 2.14. The van der Waals surface area contributed by atoms with E-state index in [9.17, 15) is 4.79 Å². The number of rotatable bonds is 4. The number of nitrogens with zero attached hydrogens (tertiary/aromatic N) is 4. The topological polar surface area (TPSA) is 81.4 Å². The fraction of sp³-hybridized carbons (Fsp3) is 0.200. The molecule has 7 nitrogen and oxygen atoms in total. The van der Waals surface area contributed by atoms with E-state index in [0.29, 0.717) is 17.3 Å². The molecule has 22 heavy (non-hydrogen) atoms. The summed E-state index contributed by atoms with van der Waals surface area (Å²) in [5.74, 6) is 0.911. The minimum absolute atomic E-state index is 0.227. The van der Waals surface area contributed by atoms with Crippen molar-refractivity contribution >= 4 is 11.6 Å². The van der Waals surface area contributed by atoms with E-state index in [2.05, 4.69) is 20.5 Å². The van der Waals surface area contributed by atoms with Gasteiger partial charge in [-0.2, -0.15) is 0 Å². The average molecular weight is 297 g/mol. The second-order valence-corrected chi connectivity index (χ2v) is 4.77. The molecule has 1 amide bonds. The summed E-state index contributed by atoms with van der Waals surface area (Å²) in [5, 5.41) is 11.1. The maximum absolute atomic E-state index is 12.2. The minimum Gasteiger partial charge on any atom is -0.481 e. The van der Waals surface area contributed by atoms with Crippen molar-refractivity contribution in [3.63, 3.8) is 0 Å². The monoisotopic (exact) mass is 297 g/mol. The lowest BCUT2D eigenvalue weighted by Crippen LogP contribution is -2.28. The van der Waals surface area contributed by atoms with Gasteiger partial charge in [-0.3, -0.25) is 9.20 Å². The number of amides is 1. The van der Waals surface area contributed by atoms with Gasteiger partial charge in [-0.25, -0.2) is 4.98 Å². The van der Waals surface area contributed by atoms with Crippen LogP contribution in [0.25, 0.3) is 5.65 Å². The lowest BCUT2D eigenvalue weighted by atomic mass is 10.2. The summed E-state index contributed by atoms with van der Waals surface area (Å²) in [6.07, 6.45) is 3.34. The molecule has 0 spiro atoms. The van der Waals surface area contributed by atoms with Crippen molar-refractivity contribution in [2.24, 2.45) is 0 Å². The van der Waals surface area contributed by atoms with Crippen molar-refractivity contribution in [3.05, 3.63) is 54.1 Å². The smallest absolute Gasteiger partial charge is 0.253 e. The molecule has 0 saturated carbocycles. The third kappa shape index (κ3) is 2.60. The van der Waals surface area contributed by atoms with Gasteiger partial charge in [-0.1, -0.05) is 6.07 Å². The quantitative estimate of drug-likeness (QED) is 0.791. The van der Waals surface area contributed by atoms with Crippen molar-refractivity contribution in [3.8, 4) is 5.88 Å². The van der Waals surface area contributed by atoms with Crippen LogP contribution in [0.1, 0.15) is 29.1 Å². The molecule has 0 radical (unpaired) electrons. The Morgan fingerprint density at radius 1 is 1.27 bits per heavy atom. The Morgan fingerprint density at radius 2 is 2.14 bits per heavy atom. The number of hydrogen-bond donors (Lipinski definition) is 1. The highest BCUT2D eigenvalue weighted by molar-refractivity contribution is 5.94. The summed E-state index contributed by atoms with van der Waals surface area (Å²) in [5.41, 5.74) is 1.20. The lowest BCUT2D eigenvalue weighted by Gasteiger charge is -2.12. The molecule has 0 fully saturated rings. The maximum Gasteiger partial charge on any atom is 0.253 e. The summed E-state index contributed by atoms with van der Waals surface area (Å²) in [6, 6.07) is 8.66. The van der Waals surface area contributed by atoms with Crippen molar-refractivity contribution in [1.29, 1.82) is 0 Å². The minimum atomic E-state index is -0.285. The molecule has 0 unspecified atom stereocenters. The van der Waals surface area contributed by atoms with Gasteiger partial charge in [0.2, 0.25) is 5.88 Å². The Kier molecular flexibility index (Phi) is 3.69. The first-order valence-electron chi connectivity index (χ1n) is 6.79. The summed E-state index contributed by atoms with van der Waals surface area (Å²) in [6.45, 7) is 1.86. The summed E-state index contributed by atoms with van der Waals surface area (Å²) in [4.78, 5) is 16.3. The van der Waals surface area contributed by atoms with Crippen molar-refractivity contribution in [1.82, 2.24) is 24.9 Å². The van der Waals surface area contributed by atoms with Gasteiger partial charge in [-0.15, -0.1) is 10.2 Å². The van der Waals surface area contributed by atoms with Gasteiger partial charge in [-0.05, 0) is 25.1 Å². The molecular weight excluding hydrogens is 282 g/mol. The molecule has 1 N–H and O–H groups in total. The summed E-state index contributed by atoms with van der Waals surface area (Å²) in [7, 11) is 1.53. The Hall–Kier alpha value is -2.96. The molecule has 0 bridgehead atoms. The molecule has 0 aliphatic heterocycles. The average Bonchev–Trinajstić information content (AvgIpc) is 2.99. The zero-order valence-electron chi connectivity index (χ0n) is 12.2. The zero-order valence-corrected chi connectivity index (χ0v) is 12.2. The molecular formula is C15H15N5O2. The maximum atomic E-state index is 12.2. The van der Waals surface area contributed by atoms with Crippen LogP contribution in [0.5, 0.6) is 5.88 Å². The summed E-state index contributed by atoms with van der Waals surface area (Å²) < 4.78 is 6.82. The van der Waals surface area contributed by atoms with E-state index in [1.807, 2.05) is 35.7 Å². The fourth-order valence-electron chi connectivity index (χ4n) is 2.14. The van der Waals surface area contributed by atoms with E-state index in [4.69, 9.17) is 4.74 Å². The van der Waals surface area contributed by atoms with Gasteiger partial charge >= 0.3 is 0 Å². The van der Waals surface area contributed by atoms with E-state index in [0.717, 1.165) is 5.65 Å². The largest absolute Gasteiger partial charge is 0.481 e. The Balaban J connectivity index is 1.78. The number of aromatic nitrogens is 4. The van der Waals surface area contributed by atoms with Crippen LogP contribution in [0.3, 0.4) is 0 Å². The number of carbonyl (C=O) groups is 1. The number of fused-ring (bicyclic) bond motifs is 1. The Morgan fingerprint density at radius 3 is 2.86 bits per heavy atom. The Bertz CT molecular complexity index is 797. The molecule has 112 valence electrons. The van der Waals surface area contributed by atoms with Crippen LogP contribution in [0, 0.1) is 0 Å². The molecule has 0 aromatic carbocycles. The molecule has 0 aliphatic carbocycles. The van der Waals surface area contributed by atoms with Crippen molar-refractivity contribution in [2.75, 3.05) is 7.11 Å². The molecule has 3 aromatic heterocycles. The van der Waals surface area contributed by atoms with Gasteiger partial charge in [0.25, 0.3) is 5.91 Å². The number of hydrogen-bond acceptors (Lipinski definition) is 5. The van der Waals surface area contributed by atoms with E-state index >= 15 is 0 Å². The van der Waals surface area contributed by atoms with Gasteiger partial charge in [0.1, 0.15) is 0 Å². The third-order valence-corrected chi connectivity index (χ3v) is 3.28. The molecule has 7 heteroatoms. The van der Waals surface area contributed by atoms with E-state index < -0.39 is 0 Å². The number of carbonyl (C=O) groups excluding carboxylic acids is 1. The SMILES string of the molecule is COc1ccc(C(=O)N[C@H](C)c2nnc3ccccn23)cn1. The standard InChI is InChI=1S/C15H15N5O2/c1-10(14-19-18-12-5-3-4-8-20(12)14)17-15(21)11-6-7-13(22-2)16-9-11/h3-10H,1-2H3,(H,17,21)/t10-/m1/s1. The van der Waals surface area contributed by atoms with E-state index in [-0.39, 0.29) is 11.9 Å². The van der Waals surface area contributed by atoms with Crippen LogP contribution in [0.15, 0.2) is 42.7 Å². The molecule has 3 aromatic rings.